The van der Waals surface area contributed by atoms with Crippen molar-refractivity contribution in [2.24, 2.45) is 11.7 Å². The third-order valence-corrected chi connectivity index (χ3v) is 4.77. The number of hydrogen-bond donors (Lipinski definition) is 1. The van der Waals surface area contributed by atoms with Crippen LogP contribution in [-0.4, -0.2) is 31.1 Å². The number of nitrogens with zero attached hydrogens (tertiary/aromatic N) is 1. The molecule has 2 rings (SSSR count). The summed E-state index contributed by atoms with van der Waals surface area (Å²) in [6, 6.07) is 8.66. The van der Waals surface area contributed by atoms with Crippen LogP contribution < -0.4 is 5.73 Å². The Hall–Kier alpha value is -0.380. The van der Waals surface area contributed by atoms with Crippen LogP contribution in [0.4, 0.5) is 0 Å². The average Bonchev–Trinajstić information content (AvgIpc) is 2.42. The molecule has 0 amide bonds. The standard InChI is InChI=1S/C16H25BrN2/c1-2-8-19-9-6-13(7-10-19)16(12-18)14-4-3-5-15(17)11-14/h3-5,11,13,16H,2,6-10,12,18H2,1H3. The van der Waals surface area contributed by atoms with Crippen molar-refractivity contribution in [3.63, 3.8) is 0 Å². The normalized spacial score (nSPS) is 19.5. The van der Waals surface area contributed by atoms with Crippen LogP contribution in [0.5, 0.6) is 0 Å². The molecule has 1 atom stereocenters. The molecule has 0 bridgehead atoms. The molecule has 1 aliphatic heterocycles. The Labute approximate surface area is 125 Å². The zero-order valence-electron chi connectivity index (χ0n) is 11.8. The van der Waals surface area contributed by atoms with Crippen LogP contribution in [0, 0.1) is 5.92 Å². The molecule has 0 spiro atoms. The minimum absolute atomic E-state index is 0.515. The molecule has 19 heavy (non-hydrogen) atoms. The summed E-state index contributed by atoms with van der Waals surface area (Å²) in [5, 5.41) is 0. The molecule has 2 N–H and O–H groups in total. The van der Waals surface area contributed by atoms with E-state index in [1.807, 2.05) is 0 Å². The topological polar surface area (TPSA) is 29.3 Å². The van der Waals surface area contributed by atoms with Crippen LogP contribution in [0.25, 0.3) is 0 Å². The molecule has 1 fully saturated rings. The van der Waals surface area contributed by atoms with E-state index >= 15 is 0 Å². The highest BCUT2D eigenvalue weighted by atomic mass is 79.9. The molecule has 3 heteroatoms. The van der Waals surface area contributed by atoms with Gasteiger partial charge in [-0.2, -0.15) is 0 Å². The minimum atomic E-state index is 0.515. The molecule has 0 saturated carbocycles. The van der Waals surface area contributed by atoms with Gasteiger partial charge in [0.1, 0.15) is 0 Å². The molecule has 1 aliphatic rings. The van der Waals surface area contributed by atoms with E-state index in [4.69, 9.17) is 5.73 Å². The Kier molecular flexibility index (Phi) is 5.86. The first-order valence-electron chi connectivity index (χ1n) is 7.42. The molecule has 0 aliphatic carbocycles. The van der Waals surface area contributed by atoms with Crippen LogP contribution in [0.1, 0.15) is 37.7 Å². The van der Waals surface area contributed by atoms with E-state index in [-0.39, 0.29) is 0 Å². The van der Waals surface area contributed by atoms with Gasteiger partial charge >= 0.3 is 0 Å². The fraction of sp³-hybridized carbons (Fsp3) is 0.625. The summed E-state index contributed by atoms with van der Waals surface area (Å²) in [7, 11) is 0. The highest BCUT2D eigenvalue weighted by molar-refractivity contribution is 9.10. The molecule has 106 valence electrons. The van der Waals surface area contributed by atoms with E-state index in [9.17, 15) is 0 Å². The molecule has 0 aromatic heterocycles. The third-order valence-electron chi connectivity index (χ3n) is 4.27. The first kappa shape index (κ1) is 15.0. The van der Waals surface area contributed by atoms with E-state index in [0.717, 1.165) is 16.9 Å². The van der Waals surface area contributed by atoms with Crippen molar-refractivity contribution in [1.82, 2.24) is 4.90 Å². The Morgan fingerprint density at radius 1 is 1.37 bits per heavy atom. The van der Waals surface area contributed by atoms with E-state index in [2.05, 4.69) is 52.0 Å². The van der Waals surface area contributed by atoms with Crippen molar-refractivity contribution >= 4 is 15.9 Å². The van der Waals surface area contributed by atoms with Gasteiger partial charge in [0.25, 0.3) is 0 Å². The van der Waals surface area contributed by atoms with Crippen molar-refractivity contribution in [3.8, 4) is 0 Å². The summed E-state index contributed by atoms with van der Waals surface area (Å²) >= 11 is 3.56. The van der Waals surface area contributed by atoms with E-state index in [1.54, 1.807) is 0 Å². The zero-order valence-corrected chi connectivity index (χ0v) is 13.4. The minimum Gasteiger partial charge on any atom is -0.330 e. The Morgan fingerprint density at radius 3 is 2.68 bits per heavy atom. The fourth-order valence-corrected chi connectivity index (χ4v) is 3.65. The van der Waals surface area contributed by atoms with Crippen molar-refractivity contribution in [2.75, 3.05) is 26.2 Å². The van der Waals surface area contributed by atoms with Crippen LogP contribution in [0.15, 0.2) is 28.7 Å². The highest BCUT2D eigenvalue weighted by Crippen LogP contribution is 2.33. The van der Waals surface area contributed by atoms with Crippen LogP contribution in [-0.2, 0) is 0 Å². The monoisotopic (exact) mass is 324 g/mol. The predicted octanol–water partition coefficient (Wildman–Crippen LogP) is 3.61. The Bertz CT molecular complexity index is 386. The van der Waals surface area contributed by atoms with Crippen molar-refractivity contribution in [2.45, 2.75) is 32.1 Å². The number of piperidine rings is 1. The van der Waals surface area contributed by atoms with Gasteiger partial charge in [-0.05, 0) is 75.0 Å². The zero-order chi connectivity index (χ0) is 13.7. The second kappa shape index (κ2) is 7.41. The van der Waals surface area contributed by atoms with Crippen molar-refractivity contribution in [1.29, 1.82) is 0 Å². The van der Waals surface area contributed by atoms with Crippen molar-refractivity contribution < 1.29 is 0 Å². The summed E-state index contributed by atoms with van der Waals surface area (Å²) in [5.74, 6) is 1.26. The first-order valence-corrected chi connectivity index (χ1v) is 8.21. The lowest BCUT2D eigenvalue weighted by molar-refractivity contribution is 0.169. The van der Waals surface area contributed by atoms with E-state index in [1.165, 1.54) is 44.5 Å². The first-order chi connectivity index (χ1) is 9.24. The average molecular weight is 325 g/mol. The largest absolute Gasteiger partial charge is 0.330 e. The maximum Gasteiger partial charge on any atom is 0.0178 e. The summed E-state index contributed by atoms with van der Waals surface area (Å²) < 4.78 is 1.16. The van der Waals surface area contributed by atoms with Gasteiger partial charge in [0.2, 0.25) is 0 Å². The second-order valence-corrected chi connectivity index (χ2v) is 6.49. The van der Waals surface area contributed by atoms with Crippen LogP contribution in [0.3, 0.4) is 0 Å². The van der Waals surface area contributed by atoms with E-state index < -0.39 is 0 Å². The van der Waals surface area contributed by atoms with Gasteiger partial charge in [0.15, 0.2) is 0 Å². The molecule has 2 nitrogen and oxygen atoms in total. The highest BCUT2D eigenvalue weighted by Gasteiger charge is 2.26. The lowest BCUT2D eigenvalue weighted by Crippen LogP contribution is -2.37. The van der Waals surface area contributed by atoms with Gasteiger partial charge < -0.3 is 10.6 Å². The lowest BCUT2D eigenvalue weighted by Gasteiger charge is -2.36. The molecular formula is C16H25BrN2. The van der Waals surface area contributed by atoms with Gasteiger partial charge in [-0.25, -0.2) is 0 Å². The number of benzene rings is 1. The van der Waals surface area contributed by atoms with Crippen LogP contribution in [0.2, 0.25) is 0 Å². The maximum atomic E-state index is 6.05. The quantitative estimate of drug-likeness (QED) is 0.896. The fourth-order valence-electron chi connectivity index (χ4n) is 3.23. The molecule has 0 radical (unpaired) electrons. The van der Waals surface area contributed by atoms with Crippen LogP contribution >= 0.6 is 15.9 Å². The van der Waals surface area contributed by atoms with Gasteiger partial charge in [-0.15, -0.1) is 0 Å². The molecule has 1 saturated heterocycles. The Morgan fingerprint density at radius 2 is 2.11 bits per heavy atom. The summed E-state index contributed by atoms with van der Waals surface area (Å²) in [4.78, 5) is 2.59. The smallest absolute Gasteiger partial charge is 0.0178 e. The summed E-state index contributed by atoms with van der Waals surface area (Å²) in [5.41, 5.74) is 7.44. The molecule has 1 heterocycles. The van der Waals surface area contributed by atoms with E-state index in [0.29, 0.717) is 5.92 Å². The molecule has 1 unspecified atom stereocenters. The number of rotatable bonds is 5. The van der Waals surface area contributed by atoms with Gasteiger partial charge in [0.05, 0.1) is 0 Å². The number of hydrogen-bond acceptors (Lipinski definition) is 2. The molecule has 1 aromatic rings. The lowest BCUT2D eigenvalue weighted by atomic mass is 9.80. The number of nitrogens with two attached hydrogens (primary N) is 1. The number of likely N-dealkylation sites (tertiary alicyclic amines) is 1. The Balaban J connectivity index is 1.99. The summed E-state index contributed by atoms with van der Waals surface area (Å²) in [6.45, 7) is 6.74. The number of halogens is 1. The molecular weight excluding hydrogens is 300 g/mol. The summed E-state index contributed by atoms with van der Waals surface area (Å²) in [6.07, 6.45) is 3.83. The van der Waals surface area contributed by atoms with Crippen molar-refractivity contribution in [3.05, 3.63) is 34.3 Å². The van der Waals surface area contributed by atoms with Gasteiger partial charge in [-0.1, -0.05) is 35.0 Å². The molecule has 1 aromatic carbocycles. The maximum absolute atomic E-state index is 6.05. The predicted molar refractivity (Wildman–Crippen MR) is 85.4 cm³/mol. The van der Waals surface area contributed by atoms with Gasteiger partial charge in [0, 0.05) is 4.47 Å². The second-order valence-electron chi connectivity index (χ2n) is 5.58. The SMILES string of the molecule is CCCN1CCC(C(CN)c2cccc(Br)c2)CC1. The third kappa shape index (κ3) is 4.04. The van der Waals surface area contributed by atoms with Gasteiger partial charge in [-0.3, -0.25) is 0 Å².